The summed E-state index contributed by atoms with van der Waals surface area (Å²) in [4.78, 5) is 3.64. The van der Waals surface area contributed by atoms with Crippen LogP contribution < -0.4 is 0 Å². The van der Waals surface area contributed by atoms with Gasteiger partial charge in [0.15, 0.2) is 5.69 Å². The van der Waals surface area contributed by atoms with Gasteiger partial charge in [-0.2, -0.15) is 5.26 Å². The number of benzene rings is 3. The zero-order chi connectivity index (χ0) is 19.9. The fourth-order valence-corrected chi connectivity index (χ4v) is 3.13. The molecule has 2 nitrogen and oxygen atoms in total. The lowest BCUT2D eigenvalue weighted by molar-refractivity contribution is 1.47. The van der Waals surface area contributed by atoms with Crippen LogP contribution in [0, 0.1) is 17.9 Å². The molecule has 0 bridgehead atoms. The highest BCUT2D eigenvalue weighted by molar-refractivity contribution is 9.10. The van der Waals surface area contributed by atoms with Gasteiger partial charge in [0.25, 0.3) is 0 Å². The number of rotatable bonds is 4. The van der Waals surface area contributed by atoms with Crippen molar-refractivity contribution in [1.82, 2.24) is 0 Å². The van der Waals surface area contributed by atoms with Gasteiger partial charge in [-0.05, 0) is 58.7 Å². The first-order chi connectivity index (χ1) is 13.6. The molecule has 0 aliphatic heterocycles. The van der Waals surface area contributed by atoms with E-state index in [1.54, 1.807) is 12.1 Å². The first-order valence-electron chi connectivity index (χ1n) is 8.42. The third kappa shape index (κ3) is 5.08. The number of hydrogen-bond acceptors (Lipinski definition) is 1. The topological polar surface area (TPSA) is 28.1 Å². The Morgan fingerprint density at radius 1 is 0.750 bits per heavy atom. The minimum absolute atomic E-state index is 0.516. The van der Waals surface area contributed by atoms with E-state index in [9.17, 15) is 5.26 Å². The summed E-state index contributed by atoms with van der Waals surface area (Å²) in [6.45, 7) is 7.51. The van der Waals surface area contributed by atoms with Crippen molar-refractivity contribution < 1.29 is 0 Å². The van der Waals surface area contributed by atoms with Gasteiger partial charge in [0, 0.05) is 8.95 Å². The fraction of sp³-hybridized carbons (Fsp3) is 0. The van der Waals surface area contributed by atoms with Gasteiger partial charge in [0.2, 0.25) is 0 Å². The van der Waals surface area contributed by atoms with Gasteiger partial charge in [-0.15, -0.1) is 0 Å². The molecule has 0 atom stereocenters. The maximum atomic E-state index is 9.56. The first-order valence-corrected chi connectivity index (χ1v) is 10.0. The second-order valence-corrected chi connectivity index (χ2v) is 7.82. The summed E-state index contributed by atoms with van der Waals surface area (Å²) in [7, 11) is 0. The van der Waals surface area contributed by atoms with Gasteiger partial charge in [-0.1, -0.05) is 80.4 Å². The van der Waals surface area contributed by atoms with Crippen molar-refractivity contribution in [2.24, 2.45) is 0 Å². The van der Waals surface area contributed by atoms with Crippen LogP contribution in [0.15, 0.2) is 69.6 Å². The molecule has 134 valence electrons. The van der Waals surface area contributed by atoms with Crippen LogP contribution in [-0.2, 0) is 0 Å². The molecule has 0 unspecified atom stereocenters. The van der Waals surface area contributed by atoms with Gasteiger partial charge in [0.1, 0.15) is 0 Å². The summed E-state index contributed by atoms with van der Waals surface area (Å²) >= 11 is 6.83. The Morgan fingerprint density at radius 3 is 1.71 bits per heavy atom. The molecule has 0 heterocycles. The first kappa shape index (κ1) is 19.8. The lowest BCUT2D eigenvalue weighted by Gasteiger charge is -2.04. The molecular formula is C24H14Br2N2. The average Bonchev–Trinajstić information content (AvgIpc) is 2.72. The summed E-state index contributed by atoms with van der Waals surface area (Å²) in [6.07, 6.45) is 7.63. The molecule has 0 saturated heterocycles. The number of nitriles is 1. The van der Waals surface area contributed by atoms with Crippen molar-refractivity contribution in [2.75, 3.05) is 0 Å². The van der Waals surface area contributed by atoms with Gasteiger partial charge >= 0.3 is 0 Å². The van der Waals surface area contributed by atoms with Crippen molar-refractivity contribution in [3.05, 3.63) is 109 Å². The molecular weight excluding hydrogens is 476 g/mol. The summed E-state index contributed by atoms with van der Waals surface area (Å²) in [6, 6.07) is 21.6. The molecule has 28 heavy (non-hydrogen) atoms. The fourth-order valence-electron chi connectivity index (χ4n) is 2.61. The Bertz CT molecular complexity index is 1030. The van der Waals surface area contributed by atoms with E-state index in [0.29, 0.717) is 11.3 Å². The third-order valence-electron chi connectivity index (χ3n) is 4.09. The van der Waals surface area contributed by atoms with Crippen LogP contribution in [0.1, 0.15) is 27.8 Å². The van der Waals surface area contributed by atoms with Gasteiger partial charge < -0.3 is 0 Å². The van der Waals surface area contributed by atoms with Gasteiger partial charge in [-0.3, -0.25) is 0 Å². The smallest absolute Gasteiger partial charge is 0.194 e. The SMILES string of the molecule is [C-]#[N+]c1cc(C=Cc2ccc(Br)cc2)c(C#N)cc1C=Cc1ccc(Br)cc1. The van der Waals surface area contributed by atoms with Gasteiger partial charge in [-0.25, -0.2) is 4.85 Å². The lowest BCUT2D eigenvalue weighted by atomic mass is 10.0. The van der Waals surface area contributed by atoms with Crippen LogP contribution >= 0.6 is 31.9 Å². The molecule has 0 aliphatic carbocycles. The normalized spacial score (nSPS) is 10.9. The Hall–Kier alpha value is -2.92. The number of nitrogens with zero attached hydrogens (tertiary/aromatic N) is 2. The second kappa shape index (κ2) is 9.33. The van der Waals surface area contributed by atoms with Crippen LogP contribution in [0.25, 0.3) is 29.1 Å². The van der Waals surface area contributed by atoms with Crippen LogP contribution in [0.2, 0.25) is 0 Å². The van der Waals surface area contributed by atoms with E-state index in [0.717, 1.165) is 31.2 Å². The van der Waals surface area contributed by atoms with E-state index >= 15 is 0 Å². The molecule has 0 aromatic heterocycles. The van der Waals surface area contributed by atoms with Crippen molar-refractivity contribution in [2.45, 2.75) is 0 Å². The molecule has 0 amide bonds. The predicted octanol–water partition coefficient (Wildman–Crippen LogP) is 7.97. The molecule has 0 aliphatic rings. The van der Waals surface area contributed by atoms with E-state index in [1.807, 2.05) is 72.8 Å². The van der Waals surface area contributed by atoms with Crippen LogP contribution in [0.5, 0.6) is 0 Å². The van der Waals surface area contributed by atoms with Crippen molar-refractivity contribution in [3.63, 3.8) is 0 Å². The van der Waals surface area contributed by atoms with Crippen LogP contribution in [0.3, 0.4) is 0 Å². The van der Waals surface area contributed by atoms with Crippen LogP contribution in [-0.4, -0.2) is 0 Å². The molecule has 0 N–H and O–H groups in total. The standard InChI is InChI=1S/C24H14Br2N2/c1-28-24-15-19(8-2-17-4-10-22(25)11-5-17)21(16-27)14-20(24)9-3-18-6-12-23(26)13-7-18/h2-15H. The molecule has 0 fully saturated rings. The van der Waals surface area contributed by atoms with Gasteiger partial charge in [0.05, 0.1) is 18.2 Å². The second-order valence-electron chi connectivity index (χ2n) is 5.99. The van der Waals surface area contributed by atoms with E-state index < -0.39 is 0 Å². The maximum absolute atomic E-state index is 9.56. The van der Waals surface area contributed by atoms with Crippen molar-refractivity contribution in [1.29, 1.82) is 5.26 Å². The maximum Gasteiger partial charge on any atom is 0.194 e. The summed E-state index contributed by atoms with van der Waals surface area (Å²) < 4.78 is 2.03. The molecule has 3 rings (SSSR count). The van der Waals surface area contributed by atoms with E-state index in [-0.39, 0.29) is 0 Å². The van der Waals surface area contributed by atoms with E-state index in [4.69, 9.17) is 6.57 Å². The highest BCUT2D eigenvalue weighted by Gasteiger charge is 2.07. The Morgan fingerprint density at radius 2 is 1.25 bits per heavy atom. The lowest BCUT2D eigenvalue weighted by Crippen LogP contribution is -1.85. The number of hydrogen-bond donors (Lipinski definition) is 0. The van der Waals surface area contributed by atoms with Crippen molar-refractivity contribution >= 4 is 61.9 Å². The summed E-state index contributed by atoms with van der Waals surface area (Å²) in [5.74, 6) is 0. The zero-order valence-electron chi connectivity index (χ0n) is 14.7. The monoisotopic (exact) mass is 488 g/mol. The average molecular weight is 490 g/mol. The van der Waals surface area contributed by atoms with E-state index in [2.05, 4.69) is 42.8 Å². The molecule has 3 aromatic rings. The number of halogens is 2. The predicted molar refractivity (Wildman–Crippen MR) is 124 cm³/mol. The minimum atomic E-state index is 0.516. The van der Waals surface area contributed by atoms with E-state index in [1.165, 1.54) is 0 Å². The quantitative estimate of drug-likeness (QED) is 0.269. The summed E-state index contributed by atoms with van der Waals surface area (Å²) in [5, 5.41) is 9.56. The Balaban J connectivity index is 1.93. The summed E-state index contributed by atoms with van der Waals surface area (Å²) in [5.41, 5.74) is 4.57. The Kier molecular flexibility index (Phi) is 6.61. The molecule has 0 spiro atoms. The zero-order valence-corrected chi connectivity index (χ0v) is 17.9. The molecule has 3 aromatic carbocycles. The van der Waals surface area contributed by atoms with Crippen molar-refractivity contribution in [3.8, 4) is 6.07 Å². The largest absolute Gasteiger partial charge is 0.238 e. The highest BCUT2D eigenvalue weighted by Crippen LogP contribution is 2.28. The molecule has 4 heteroatoms. The van der Waals surface area contributed by atoms with Crippen LogP contribution in [0.4, 0.5) is 5.69 Å². The third-order valence-corrected chi connectivity index (χ3v) is 5.15. The molecule has 0 radical (unpaired) electrons. The minimum Gasteiger partial charge on any atom is -0.238 e. The molecule has 0 saturated carbocycles. The Labute approximate surface area is 181 Å². The highest BCUT2D eigenvalue weighted by atomic mass is 79.9.